The predicted octanol–water partition coefficient (Wildman–Crippen LogP) is 3.47. The molecule has 5 nitrogen and oxygen atoms in total. The van der Waals surface area contributed by atoms with Crippen LogP contribution in [0.2, 0.25) is 0 Å². The van der Waals surface area contributed by atoms with E-state index in [1.165, 1.54) is 18.4 Å². The molecule has 1 saturated carbocycles. The van der Waals surface area contributed by atoms with Crippen LogP contribution in [0.25, 0.3) is 0 Å². The van der Waals surface area contributed by atoms with Crippen LogP contribution in [0.3, 0.4) is 0 Å². The summed E-state index contributed by atoms with van der Waals surface area (Å²) in [6.07, 6.45) is 8.21. The number of ether oxygens (including phenoxy) is 1. The minimum Gasteiger partial charge on any atom is -0.472 e. The van der Waals surface area contributed by atoms with Crippen LogP contribution in [0.1, 0.15) is 38.7 Å². The number of rotatable bonds is 9. The second kappa shape index (κ2) is 9.08. The number of nitrogens with zero attached hydrogens (tertiary/aromatic N) is 2. The largest absolute Gasteiger partial charge is 0.472 e. The summed E-state index contributed by atoms with van der Waals surface area (Å²) in [4.78, 5) is 4.29. The van der Waals surface area contributed by atoms with E-state index in [9.17, 15) is 0 Å². The molecule has 6 heteroatoms. The van der Waals surface area contributed by atoms with E-state index in [-0.39, 0.29) is 0 Å². The normalized spacial score (nSPS) is 15.9. The number of allylic oxidation sites excluding steroid dienone is 1. The van der Waals surface area contributed by atoms with Gasteiger partial charge in [-0.3, -0.25) is 0 Å². The highest BCUT2D eigenvalue weighted by Gasteiger charge is 2.25. The van der Waals surface area contributed by atoms with Crippen molar-refractivity contribution in [2.75, 3.05) is 13.2 Å². The second-order valence-corrected chi connectivity index (χ2v) is 7.02. The van der Waals surface area contributed by atoms with Gasteiger partial charge in [0.2, 0.25) is 5.88 Å². The van der Waals surface area contributed by atoms with Gasteiger partial charge in [0.05, 0.1) is 15.9 Å². The first-order valence-electron chi connectivity index (χ1n) is 8.49. The molecular weight excluding hydrogens is 368 g/mol. The standard InChI is InChI=1S/C18H27BrN4O/c1-3-5-16(23(21)11-14-6-7-14)18(20)15(19)12-24-17-9-8-13(4-2)10-22-17/h5,8-10,14H,3-4,6-7,11-12,20-21H2,1-2H3/b16-5+,18-15-. The van der Waals surface area contributed by atoms with Gasteiger partial charge in [0.15, 0.2) is 0 Å². The third-order valence-electron chi connectivity index (χ3n) is 3.98. The lowest BCUT2D eigenvalue weighted by molar-refractivity contribution is 0.336. The molecular formula is C18H27BrN4O. The summed E-state index contributed by atoms with van der Waals surface area (Å²) in [6.45, 7) is 5.33. The third-order valence-corrected chi connectivity index (χ3v) is 4.64. The van der Waals surface area contributed by atoms with Gasteiger partial charge in [-0.25, -0.2) is 10.8 Å². The van der Waals surface area contributed by atoms with Crippen LogP contribution in [0.4, 0.5) is 0 Å². The Kier molecular flexibility index (Phi) is 7.12. The van der Waals surface area contributed by atoms with Crippen molar-refractivity contribution in [2.24, 2.45) is 17.5 Å². The highest BCUT2D eigenvalue weighted by atomic mass is 79.9. The van der Waals surface area contributed by atoms with Crippen molar-refractivity contribution in [2.45, 2.75) is 39.5 Å². The fourth-order valence-corrected chi connectivity index (χ4v) is 2.63. The summed E-state index contributed by atoms with van der Waals surface area (Å²) in [7, 11) is 0. The van der Waals surface area contributed by atoms with E-state index in [2.05, 4.69) is 34.8 Å². The number of pyridine rings is 1. The Balaban J connectivity index is 2.01. The van der Waals surface area contributed by atoms with Crippen LogP contribution in [-0.4, -0.2) is 23.1 Å². The molecule has 1 heterocycles. The molecule has 132 valence electrons. The van der Waals surface area contributed by atoms with Crippen LogP contribution < -0.4 is 16.3 Å². The molecule has 0 atom stereocenters. The SMILES string of the molecule is CC/C=C(\C(N)=C(\Br)COc1ccc(CC)cn1)N(N)CC1CC1. The third kappa shape index (κ3) is 5.53. The molecule has 0 bridgehead atoms. The van der Waals surface area contributed by atoms with Crippen molar-refractivity contribution in [3.63, 3.8) is 0 Å². The Bertz CT molecular complexity index is 594. The van der Waals surface area contributed by atoms with Gasteiger partial charge in [0, 0.05) is 18.8 Å². The number of nitrogens with two attached hydrogens (primary N) is 2. The van der Waals surface area contributed by atoms with Gasteiger partial charge in [-0.15, -0.1) is 0 Å². The maximum atomic E-state index is 6.30. The molecule has 0 aliphatic heterocycles. The van der Waals surface area contributed by atoms with Crippen molar-refractivity contribution in [1.29, 1.82) is 0 Å². The van der Waals surface area contributed by atoms with E-state index in [0.29, 0.717) is 24.1 Å². The van der Waals surface area contributed by atoms with E-state index >= 15 is 0 Å². The van der Waals surface area contributed by atoms with Crippen molar-refractivity contribution in [3.8, 4) is 5.88 Å². The zero-order chi connectivity index (χ0) is 17.5. The first-order chi connectivity index (χ1) is 11.5. The number of aryl methyl sites for hydroxylation is 1. The molecule has 0 amide bonds. The van der Waals surface area contributed by atoms with Crippen LogP contribution in [-0.2, 0) is 6.42 Å². The summed E-state index contributed by atoms with van der Waals surface area (Å²) in [5.41, 5.74) is 8.95. The number of hydrogen-bond acceptors (Lipinski definition) is 5. The molecule has 0 radical (unpaired) electrons. The molecule has 1 aromatic heterocycles. The van der Waals surface area contributed by atoms with E-state index in [4.69, 9.17) is 16.3 Å². The highest BCUT2D eigenvalue weighted by Crippen LogP contribution is 2.30. The number of halogens is 1. The monoisotopic (exact) mass is 394 g/mol. The zero-order valence-electron chi connectivity index (χ0n) is 14.5. The van der Waals surface area contributed by atoms with Crippen molar-refractivity contribution in [1.82, 2.24) is 9.99 Å². The first-order valence-corrected chi connectivity index (χ1v) is 9.29. The predicted molar refractivity (Wildman–Crippen MR) is 101 cm³/mol. The summed E-state index contributed by atoms with van der Waals surface area (Å²) in [5, 5.41) is 1.76. The fraction of sp³-hybridized carbons (Fsp3) is 0.500. The number of aromatic nitrogens is 1. The molecule has 0 saturated heterocycles. The molecule has 4 N–H and O–H groups in total. The number of hydrazine groups is 1. The van der Waals surface area contributed by atoms with Crippen LogP contribution >= 0.6 is 15.9 Å². The topological polar surface area (TPSA) is 77.4 Å². The molecule has 1 aromatic rings. The van der Waals surface area contributed by atoms with Crippen LogP contribution in [0.15, 0.2) is 40.3 Å². The van der Waals surface area contributed by atoms with E-state index < -0.39 is 0 Å². The van der Waals surface area contributed by atoms with Crippen molar-refractivity contribution < 1.29 is 4.74 Å². The lowest BCUT2D eigenvalue weighted by Crippen LogP contribution is -2.35. The quantitative estimate of drug-likeness (QED) is 0.380. The molecule has 1 aliphatic carbocycles. The molecule has 2 rings (SSSR count). The van der Waals surface area contributed by atoms with E-state index in [1.54, 1.807) is 5.01 Å². The van der Waals surface area contributed by atoms with Crippen molar-refractivity contribution >= 4 is 15.9 Å². The molecule has 0 unspecified atom stereocenters. The highest BCUT2D eigenvalue weighted by molar-refractivity contribution is 9.11. The lowest BCUT2D eigenvalue weighted by atomic mass is 10.2. The minimum atomic E-state index is 0.322. The average Bonchev–Trinajstić information content (AvgIpc) is 3.41. The fourth-order valence-electron chi connectivity index (χ4n) is 2.31. The Morgan fingerprint density at radius 2 is 2.17 bits per heavy atom. The Hall–Kier alpha value is -1.53. The molecule has 24 heavy (non-hydrogen) atoms. The first kappa shape index (κ1) is 18.8. The molecule has 0 aromatic carbocycles. The molecule has 1 fully saturated rings. The minimum absolute atomic E-state index is 0.322. The van der Waals surface area contributed by atoms with Gasteiger partial charge >= 0.3 is 0 Å². The van der Waals surface area contributed by atoms with Gasteiger partial charge in [-0.1, -0.05) is 26.0 Å². The van der Waals surface area contributed by atoms with Gasteiger partial charge in [-0.05, 0) is 53.1 Å². The summed E-state index contributed by atoms with van der Waals surface area (Å²) in [6, 6.07) is 3.89. The zero-order valence-corrected chi connectivity index (χ0v) is 16.1. The van der Waals surface area contributed by atoms with Crippen molar-refractivity contribution in [3.05, 3.63) is 45.8 Å². The average molecular weight is 395 g/mol. The van der Waals surface area contributed by atoms with Gasteiger partial charge in [0.25, 0.3) is 0 Å². The number of hydrogen-bond donors (Lipinski definition) is 2. The van der Waals surface area contributed by atoms with Crippen LogP contribution in [0.5, 0.6) is 5.88 Å². The summed E-state index contributed by atoms with van der Waals surface area (Å²) < 4.78 is 6.48. The molecule has 1 aliphatic rings. The van der Waals surface area contributed by atoms with E-state index in [0.717, 1.165) is 29.6 Å². The lowest BCUT2D eigenvalue weighted by Gasteiger charge is -2.23. The van der Waals surface area contributed by atoms with Gasteiger partial charge in [0.1, 0.15) is 6.61 Å². The van der Waals surface area contributed by atoms with Crippen LogP contribution in [0, 0.1) is 5.92 Å². The van der Waals surface area contributed by atoms with Gasteiger partial charge < -0.3 is 15.5 Å². The van der Waals surface area contributed by atoms with E-state index in [1.807, 2.05) is 24.4 Å². The summed E-state index contributed by atoms with van der Waals surface area (Å²) in [5.74, 6) is 7.48. The Morgan fingerprint density at radius 3 is 2.71 bits per heavy atom. The maximum absolute atomic E-state index is 6.30. The smallest absolute Gasteiger partial charge is 0.213 e. The Morgan fingerprint density at radius 1 is 1.42 bits per heavy atom. The van der Waals surface area contributed by atoms with Gasteiger partial charge in [-0.2, -0.15) is 0 Å². The molecule has 0 spiro atoms. The maximum Gasteiger partial charge on any atom is 0.213 e. The second-order valence-electron chi connectivity index (χ2n) is 6.06. The summed E-state index contributed by atoms with van der Waals surface area (Å²) >= 11 is 3.53. The Labute approximate surface area is 152 Å².